The standard InChI is InChI=1S/C26H24FN3O3/c27-21-11-9-20(10-12-21)26(33)30-15-13-19(14-16-30)25(32)29-23-8-4-7-22(17-23)28-24(31)18-5-2-1-3-6-18/h1-12,17,19H,13-16H2,(H,28,31)(H,29,32). The molecule has 0 spiro atoms. The van der Waals surface area contributed by atoms with Gasteiger partial charge in [-0.15, -0.1) is 0 Å². The minimum atomic E-state index is -0.384. The fourth-order valence-electron chi connectivity index (χ4n) is 3.83. The SMILES string of the molecule is O=C(Nc1cccc(NC(=O)C2CCN(C(=O)c3ccc(F)cc3)CC2)c1)c1ccccc1. The maximum absolute atomic E-state index is 13.1. The van der Waals surface area contributed by atoms with E-state index >= 15 is 0 Å². The quantitative estimate of drug-likeness (QED) is 0.604. The van der Waals surface area contributed by atoms with E-state index in [0.717, 1.165) is 0 Å². The van der Waals surface area contributed by atoms with Gasteiger partial charge in [-0.2, -0.15) is 0 Å². The lowest BCUT2D eigenvalue weighted by molar-refractivity contribution is -0.121. The maximum Gasteiger partial charge on any atom is 0.255 e. The molecule has 1 aliphatic heterocycles. The molecular formula is C26H24FN3O3. The van der Waals surface area contributed by atoms with Gasteiger partial charge >= 0.3 is 0 Å². The molecule has 0 aliphatic carbocycles. The number of piperidine rings is 1. The molecule has 3 amide bonds. The third-order valence-electron chi connectivity index (χ3n) is 5.67. The molecule has 0 aromatic heterocycles. The van der Waals surface area contributed by atoms with E-state index in [-0.39, 0.29) is 29.5 Å². The van der Waals surface area contributed by atoms with Crippen LogP contribution in [0.2, 0.25) is 0 Å². The summed E-state index contributed by atoms with van der Waals surface area (Å²) in [5.74, 6) is -1.10. The number of benzene rings is 3. The summed E-state index contributed by atoms with van der Waals surface area (Å²) in [6.45, 7) is 0.920. The molecule has 1 fully saturated rings. The van der Waals surface area contributed by atoms with Gasteiger partial charge in [0.25, 0.3) is 11.8 Å². The number of hydrogen-bond acceptors (Lipinski definition) is 3. The fraction of sp³-hybridized carbons (Fsp3) is 0.192. The van der Waals surface area contributed by atoms with Crippen molar-refractivity contribution in [2.24, 2.45) is 5.92 Å². The van der Waals surface area contributed by atoms with Crippen molar-refractivity contribution in [3.05, 3.63) is 95.8 Å². The van der Waals surface area contributed by atoms with E-state index in [4.69, 9.17) is 0 Å². The first-order valence-electron chi connectivity index (χ1n) is 10.8. The van der Waals surface area contributed by atoms with E-state index in [1.165, 1.54) is 24.3 Å². The molecule has 3 aromatic carbocycles. The molecule has 2 N–H and O–H groups in total. The number of nitrogens with zero attached hydrogens (tertiary/aromatic N) is 1. The average Bonchev–Trinajstić information content (AvgIpc) is 2.85. The summed E-state index contributed by atoms with van der Waals surface area (Å²) >= 11 is 0. The molecule has 0 atom stereocenters. The van der Waals surface area contributed by atoms with E-state index < -0.39 is 0 Å². The lowest BCUT2D eigenvalue weighted by Crippen LogP contribution is -2.41. The highest BCUT2D eigenvalue weighted by atomic mass is 19.1. The van der Waals surface area contributed by atoms with Gasteiger partial charge in [0.15, 0.2) is 0 Å². The molecule has 4 rings (SSSR count). The number of likely N-dealkylation sites (tertiary alicyclic amines) is 1. The molecule has 3 aromatic rings. The van der Waals surface area contributed by atoms with Gasteiger partial charge in [-0.3, -0.25) is 14.4 Å². The number of carbonyl (C=O) groups is 3. The van der Waals surface area contributed by atoms with Crippen LogP contribution in [0.25, 0.3) is 0 Å². The second kappa shape index (κ2) is 10.1. The van der Waals surface area contributed by atoms with Gasteiger partial charge in [0.2, 0.25) is 5.91 Å². The Labute approximate surface area is 191 Å². The first-order valence-corrected chi connectivity index (χ1v) is 10.8. The second-order valence-electron chi connectivity index (χ2n) is 7.96. The zero-order chi connectivity index (χ0) is 23.2. The molecular weight excluding hydrogens is 421 g/mol. The summed E-state index contributed by atoms with van der Waals surface area (Å²) in [4.78, 5) is 39.4. The van der Waals surface area contributed by atoms with Crippen LogP contribution in [-0.4, -0.2) is 35.7 Å². The Morgan fingerprint density at radius 1 is 0.758 bits per heavy atom. The highest BCUT2D eigenvalue weighted by Gasteiger charge is 2.28. The third-order valence-corrected chi connectivity index (χ3v) is 5.67. The summed E-state index contributed by atoms with van der Waals surface area (Å²) < 4.78 is 13.1. The maximum atomic E-state index is 13.1. The molecule has 7 heteroatoms. The van der Waals surface area contributed by atoms with Crippen molar-refractivity contribution in [3.8, 4) is 0 Å². The van der Waals surface area contributed by atoms with Gasteiger partial charge in [-0.1, -0.05) is 24.3 Å². The van der Waals surface area contributed by atoms with Gasteiger partial charge in [0.05, 0.1) is 0 Å². The summed E-state index contributed by atoms with van der Waals surface area (Å²) in [6.07, 6.45) is 1.09. The smallest absolute Gasteiger partial charge is 0.255 e. The van der Waals surface area contributed by atoms with E-state index in [1.807, 2.05) is 6.07 Å². The van der Waals surface area contributed by atoms with Crippen LogP contribution in [0.4, 0.5) is 15.8 Å². The molecule has 33 heavy (non-hydrogen) atoms. The van der Waals surface area contributed by atoms with E-state index in [0.29, 0.717) is 48.4 Å². The monoisotopic (exact) mass is 445 g/mol. The Morgan fingerprint density at radius 2 is 1.39 bits per heavy atom. The summed E-state index contributed by atoms with van der Waals surface area (Å²) in [6, 6.07) is 21.4. The molecule has 0 radical (unpaired) electrons. The Balaban J connectivity index is 1.31. The largest absolute Gasteiger partial charge is 0.339 e. The Hall–Kier alpha value is -4.00. The Bertz CT molecular complexity index is 1140. The molecule has 168 valence electrons. The number of nitrogens with one attached hydrogen (secondary N) is 2. The first-order chi connectivity index (χ1) is 16.0. The first kappa shape index (κ1) is 22.2. The number of carbonyl (C=O) groups excluding carboxylic acids is 3. The molecule has 1 heterocycles. The van der Waals surface area contributed by atoms with Gasteiger partial charge in [-0.05, 0) is 67.4 Å². The Morgan fingerprint density at radius 3 is 2.06 bits per heavy atom. The van der Waals surface area contributed by atoms with Crippen molar-refractivity contribution >= 4 is 29.1 Å². The molecule has 0 saturated carbocycles. The van der Waals surface area contributed by atoms with Gasteiger partial charge < -0.3 is 15.5 Å². The fourth-order valence-corrected chi connectivity index (χ4v) is 3.83. The van der Waals surface area contributed by atoms with E-state index in [2.05, 4.69) is 10.6 Å². The number of rotatable bonds is 5. The lowest BCUT2D eigenvalue weighted by atomic mass is 9.95. The van der Waals surface area contributed by atoms with Crippen molar-refractivity contribution in [2.75, 3.05) is 23.7 Å². The number of halogens is 1. The number of anilines is 2. The zero-order valence-electron chi connectivity index (χ0n) is 18.0. The highest BCUT2D eigenvalue weighted by molar-refractivity contribution is 6.04. The van der Waals surface area contributed by atoms with Crippen LogP contribution in [0.15, 0.2) is 78.9 Å². The number of hydrogen-bond donors (Lipinski definition) is 2. The lowest BCUT2D eigenvalue weighted by Gasteiger charge is -2.31. The summed E-state index contributed by atoms with van der Waals surface area (Å²) in [7, 11) is 0. The van der Waals surface area contributed by atoms with Crippen LogP contribution in [0.3, 0.4) is 0 Å². The predicted molar refractivity (Wildman–Crippen MR) is 124 cm³/mol. The topological polar surface area (TPSA) is 78.5 Å². The van der Waals surface area contributed by atoms with Crippen molar-refractivity contribution in [1.29, 1.82) is 0 Å². The van der Waals surface area contributed by atoms with Crippen LogP contribution >= 0.6 is 0 Å². The average molecular weight is 445 g/mol. The Kier molecular flexibility index (Phi) is 6.78. The van der Waals surface area contributed by atoms with Crippen LogP contribution in [-0.2, 0) is 4.79 Å². The van der Waals surface area contributed by atoms with Gasteiger partial charge in [0, 0.05) is 41.5 Å². The second-order valence-corrected chi connectivity index (χ2v) is 7.96. The predicted octanol–water partition coefficient (Wildman–Crippen LogP) is 4.57. The molecule has 0 bridgehead atoms. The van der Waals surface area contributed by atoms with Gasteiger partial charge in [-0.25, -0.2) is 4.39 Å². The van der Waals surface area contributed by atoms with Crippen LogP contribution in [0.1, 0.15) is 33.6 Å². The minimum absolute atomic E-state index is 0.115. The summed E-state index contributed by atoms with van der Waals surface area (Å²) in [5, 5.41) is 5.74. The van der Waals surface area contributed by atoms with Crippen molar-refractivity contribution < 1.29 is 18.8 Å². The molecule has 6 nitrogen and oxygen atoms in total. The highest BCUT2D eigenvalue weighted by Crippen LogP contribution is 2.22. The van der Waals surface area contributed by atoms with Crippen LogP contribution < -0.4 is 10.6 Å². The van der Waals surface area contributed by atoms with Crippen molar-refractivity contribution in [2.45, 2.75) is 12.8 Å². The molecule has 0 unspecified atom stereocenters. The number of amides is 3. The normalized spacial score (nSPS) is 13.9. The molecule has 1 saturated heterocycles. The minimum Gasteiger partial charge on any atom is -0.339 e. The third kappa shape index (κ3) is 5.63. The summed E-state index contributed by atoms with van der Waals surface area (Å²) in [5.41, 5.74) is 2.17. The van der Waals surface area contributed by atoms with Gasteiger partial charge in [0.1, 0.15) is 5.82 Å². The zero-order valence-corrected chi connectivity index (χ0v) is 18.0. The van der Waals surface area contributed by atoms with E-state index in [1.54, 1.807) is 53.4 Å². The molecule has 1 aliphatic rings. The van der Waals surface area contributed by atoms with Crippen LogP contribution in [0.5, 0.6) is 0 Å². The van der Waals surface area contributed by atoms with Crippen molar-refractivity contribution in [1.82, 2.24) is 4.90 Å². The van der Waals surface area contributed by atoms with Crippen LogP contribution in [0, 0.1) is 11.7 Å². The van der Waals surface area contributed by atoms with E-state index in [9.17, 15) is 18.8 Å². The van der Waals surface area contributed by atoms with Crippen molar-refractivity contribution in [3.63, 3.8) is 0 Å².